The summed E-state index contributed by atoms with van der Waals surface area (Å²) in [5.41, 5.74) is 0.145. The lowest BCUT2D eigenvalue weighted by Crippen LogP contribution is -2.04. The number of carbonyl (C=O) groups excluding carboxylic acids is 1. The number of carbonyl (C=O) groups is 1. The van der Waals surface area contributed by atoms with Gasteiger partial charge in [-0.2, -0.15) is 0 Å². The average Bonchev–Trinajstić information content (AvgIpc) is 2.35. The van der Waals surface area contributed by atoms with Crippen LogP contribution in [0, 0.1) is 5.82 Å². The van der Waals surface area contributed by atoms with Gasteiger partial charge >= 0.3 is 0 Å². The summed E-state index contributed by atoms with van der Waals surface area (Å²) in [6.45, 7) is 4.58. The molecular formula is C14H19FO2. The number of ketones is 1. The first-order valence-electron chi connectivity index (χ1n) is 6.14. The molecule has 0 atom stereocenters. The Morgan fingerprint density at radius 3 is 2.71 bits per heavy atom. The van der Waals surface area contributed by atoms with E-state index >= 15 is 0 Å². The highest BCUT2D eigenvalue weighted by Crippen LogP contribution is 2.19. The van der Waals surface area contributed by atoms with Gasteiger partial charge in [0.25, 0.3) is 0 Å². The number of rotatable bonds is 7. The Kier molecular flexibility index (Phi) is 5.67. The fourth-order valence-electron chi connectivity index (χ4n) is 1.50. The van der Waals surface area contributed by atoms with Crippen molar-refractivity contribution in [3.05, 3.63) is 29.6 Å². The highest BCUT2D eigenvalue weighted by Gasteiger charge is 2.12. The summed E-state index contributed by atoms with van der Waals surface area (Å²) in [5, 5.41) is 0. The Morgan fingerprint density at radius 1 is 1.29 bits per heavy atom. The van der Waals surface area contributed by atoms with E-state index < -0.39 is 5.82 Å². The van der Waals surface area contributed by atoms with Crippen LogP contribution in [0.1, 0.15) is 49.9 Å². The highest BCUT2D eigenvalue weighted by atomic mass is 19.1. The second-order valence-electron chi connectivity index (χ2n) is 4.02. The van der Waals surface area contributed by atoms with E-state index in [0.717, 1.165) is 19.3 Å². The van der Waals surface area contributed by atoms with E-state index in [1.807, 2.05) is 13.8 Å². The number of benzene rings is 1. The third kappa shape index (κ3) is 4.17. The van der Waals surface area contributed by atoms with Crippen LogP contribution in [-0.2, 0) is 0 Å². The van der Waals surface area contributed by atoms with Gasteiger partial charge in [-0.25, -0.2) is 4.39 Å². The summed E-state index contributed by atoms with van der Waals surface area (Å²) in [4.78, 5) is 11.8. The molecule has 0 radical (unpaired) electrons. The van der Waals surface area contributed by atoms with Crippen LogP contribution in [0.5, 0.6) is 5.75 Å². The Balaban J connectivity index is 2.78. The van der Waals surface area contributed by atoms with E-state index in [1.165, 1.54) is 12.1 Å². The van der Waals surface area contributed by atoms with Crippen LogP contribution in [0.4, 0.5) is 4.39 Å². The number of Topliss-reactive ketones (excluding diaryl/α,β-unsaturated/α-hetero) is 1. The SMILES string of the molecule is CCCCC(=O)c1cc(OCCC)ccc1F. The minimum absolute atomic E-state index is 0.145. The van der Waals surface area contributed by atoms with E-state index in [4.69, 9.17) is 4.74 Å². The van der Waals surface area contributed by atoms with E-state index in [2.05, 4.69) is 0 Å². The fraction of sp³-hybridized carbons (Fsp3) is 0.500. The molecule has 0 aliphatic rings. The van der Waals surface area contributed by atoms with E-state index in [9.17, 15) is 9.18 Å². The van der Waals surface area contributed by atoms with Crippen LogP contribution >= 0.6 is 0 Å². The predicted octanol–water partition coefficient (Wildman–Crippen LogP) is 3.99. The molecule has 1 aromatic carbocycles. The molecule has 0 spiro atoms. The topological polar surface area (TPSA) is 26.3 Å². The molecule has 0 bridgehead atoms. The zero-order chi connectivity index (χ0) is 12.7. The lowest BCUT2D eigenvalue weighted by Gasteiger charge is -2.07. The molecule has 0 aromatic heterocycles. The average molecular weight is 238 g/mol. The van der Waals surface area contributed by atoms with Crippen molar-refractivity contribution >= 4 is 5.78 Å². The highest BCUT2D eigenvalue weighted by molar-refractivity contribution is 5.96. The summed E-state index contributed by atoms with van der Waals surface area (Å²) in [5.74, 6) is -0.0469. The van der Waals surface area contributed by atoms with E-state index in [1.54, 1.807) is 6.07 Å². The third-order valence-electron chi connectivity index (χ3n) is 2.47. The van der Waals surface area contributed by atoms with Crippen molar-refractivity contribution in [1.82, 2.24) is 0 Å². The van der Waals surface area contributed by atoms with Gasteiger partial charge in [-0.1, -0.05) is 20.3 Å². The number of hydrogen-bond acceptors (Lipinski definition) is 2. The normalized spacial score (nSPS) is 10.3. The van der Waals surface area contributed by atoms with E-state index in [-0.39, 0.29) is 11.3 Å². The maximum atomic E-state index is 13.5. The molecule has 0 fully saturated rings. The fourth-order valence-corrected chi connectivity index (χ4v) is 1.50. The van der Waals surface area contributed by atoms with Crippen LogP contribution in [-0.4, -0.2) is 12.4 Å². The van der Waals surface area contributed by atoms with Crippen molar-refractivity contribution in [3.63, 3.8) is 0 Å². The van der Waals surface area contributed by atoms with E-state index in [0.29, 0.717) is 18.8 Å². The minimum Gasteiger partial charge on any atom is -0.494 e. The molecule has 1 rings (SSSR count). The lowest BCUT2D eigenvalue weighted by molar-refractivity contribution is 0.0975. The van der Waals surface area contributed by atoms with Gasteiger partial charge in [-0.3, -0.25) is 4.79 Å². The number of hydrogen-bond donors (Lipinski definition) is 0. The molecule has 3 heteroatoms. The second kappa shape index (κ2) is 7.05. The van der Waals surface area contributed by atoms with Crippen molar-refractivity contribution < 1.29 is 13.9 Å². The molecule has 0 unspecified atom stereocenters. The van der Waals surface area contributed by atoms with Crippen molar-refractivity contribution in [1.29, 1.82) is 0 Å². The Labute approximate surface area is 102 Å². The summed E-state index contributed by atoms with van der Waals surface area (Å²) < 4.78 is 18.9. The summed E-state index contributed by atoms with van der Waals surface area (Å²) >= 11 is 0. The lowest BCUT2D eigenvalue weighted by atomic mass is 10.0. The molecule has 17 heavy (non-hydrogen) atoms. The first-order valence-corrected chi connectivity index (χ1v) is 6.14. The third-order valence-corrected chi connectivity index (χ3v) is 2.47. The van der Waals surface area contributed by atoms with Crippen LogP contribution in [0.15, 0.2) is 18.2 Å². The zero-order valence-corrected chi connectivity index (χ0v) is 10.5. The van der Waals surface area contributed by atoms with Gasteiger partial charge in [0.15, 0.2) is 5.78 Å². The molecule has 0 aliphatic heterocycles. The van der Waals surface area contributed by atoms with Gasteiger partial charge in [0.1, 0.15) is 11.6 Å². The number of unbranched alkanes of at least 4 members (excludes halogenated alkanes) is 1. The Hall–Kier alpha value is -1.38. The maximum Gasteiger partial charge on any atom is 0.165 e. The number of ether oxygens (including phenoxy) is 1. The first kappa shape index (κ1) is 13.7. The van der Waals surface area contributed by atoms with Crippen molar-refractivity contribution in [2.75, 3.05) is 6.61 Å². The van der Waals surface area contributed by atoms with Gasteiger partial charge in [0, 0.05) is 6.42 Å². The van der Waals surface area contributed by atoms with Gasteiger partial charge in [0.2, 0.25) is 0 Å². The molecule has 0 saturated heterocycles. The minimum atomic E-state index is -0.463. The van der Waals surface area contributed by atoms with Gasteiger partial charge < -0.3 is 4.74 Å². The van der Waals surface area contributed by atoms with Gasteiger partial charge in [0.05, 0.1) is 12.2 Å². The van der Waals surface area contributed by atoms with Crippen LogP contribution in [0.3, 0.4) is 0 Å². The molecule has 0 N–H and O–H groups in total. The van der Waals surface area contributed by atoms with Crippen molar-refractivity contribution in [2.24, 2.45) is 0 Å². The Morgan fingerprint density at radius 2 is 2.06 bits per heavy atom. The van der Waals surface area contributed by atoms with Crippen LogP contribution < -0.4 is 4.74 Å². The summed E-state index contributed by atoms with van der Waals surface area (Å²) in [6.07, 6.45) is 3.00. The molecule has 1 aromatic rings. The molecule has 0 heterocycles. The monoisotopic (exact) mass is 238 g/mol. The molecule has 94 valence electrons. The quantitative estimate of drug-likeness (QED) is 0.671. The number of halogens is 1. The molecule has 0 amide bonds. The first-order chi connectivity index (χ1) is 8.19. The standard InChI is InChI=1S/C14H19FO2/c1-3-5-6-14(16)12-10-11(17-9-4-2)7-8-13(12)15/h7-8,10H,3-6,9H2,1-2H3. The predicted molar refractivity (Wildman–Crippen MR) is 66.0 cm³/mol. The van der Waals surface area contributed by atoms with Gasteiger partial charge in [-0.05, 0) is 31.0 Å². The smallest absolute Gasteiger partial charge is 0.165 e. The van der Waals surface area contributed by atoms with Crippen molar-refractivity contribution in [2.45, 2.75) is 39.5 Å². The Bertz CT molecular complexity index is 374. The molecule has 0 aliphatic carbocycles. The van der Waals surface area contributed by atoms with Crippen molar-refractivity contribution in [3.8, 4) is 5.75 Å². The van der Waals surface area contributed by atoms with Crippen LogP contribution in [0.2, 0.25) is 0 Å². The van der Waals surface area contributed by atoms with Gasteiger partial charge in [-0.15, -0.1) is 0 Å². The largest absolute Gasteiger partial charge is 0.494 e. The molecule has 0 saturated carbocycles. The maximum absolute atomic E-state index is 13.5. The van der Waals surface area contributed by atoms with Crippen LogP contribution in [0.25, 0.3) is 0 Å². The molecule has 2 nitrogen and oxygen atoms in total. The summed E-state index contributed by atoms with van der Waals surface area (Å²) in [6, 6.07) is 4.36. The molecular weight excluding hydrogens is 219 g/mol. The zero-order valence-electron chi connectivity index (χ0n) is 10.5. The second-order valence-corrected chi connectivity index (χ2v) is 4.02. The summed E-state index contributed by atoms with van der Waals surface area (Å²) in [7, 11) is 0.